The number of aromatic nitrogens is 1. The lowest BCUT2D eigenvalue weighted by atomic mass is 9.92. The molecule has 0 saturated carbocycles. The lowest BCUT2D eigenvalue weighted by molar-refractivity contribution is -0.135. The van der Waals surface area contributed by atoms with Crippen LogP contribution in [0.15, 0.2) is 18.9 Å². The molecular formula is C25H45BrN4O4. The third-order valence-electron chi connectivity index (χ3n) is 4.96. The van der Waals surface area contributed by atoms with Gasteiger partial charge in [0.1, 0.15) is 10.9 Å². The molecule has 0 fully saturated rings. The molecule has 0 aromatic carbocycles. The number of hydroxylamine groups is 1. The van der Waals surface area contributed by atoms with Gasteiger partial charge in [-0.1, -0.05) is 63.5 Å². The molecule has 0 spiro atoms. The molecule has 0 aliphatic heterocycles. The van der Waals surface area contributed by atoms with E-state index in [0.29, 0.717) is 12.8 Å². The predicted octanol–water partition coefficient (Wildman–Crippen LogP) is 4.06. The van der Waals surface area contributed by atoms with Crippen LogP contribution in [0.4, 0.5) is 0 Å². The highest BCUT2D eigenvalue weighted by molar-refractivity contribution is 9.10. The second-order valence-corrected chi connectivity index (χ2v) is 8.87. The van der Waals surface area contributed by atoms with E-state index in [1.165, 1.54) is 7.05 Å². The first-order valence-corrected chi connectivity index (χ1v) is 12.9. The summed E-state index contributed by atoms with van der Waals surface area (Å²) in [4.78, 5) is 39.6. The second-order valence-electron chi connectivity index (χ2n) is 7.88. The number of alkyl halides is 1. The Morgan fingerprint density at radius 3 is 2.12 bits per heavy atom. The zero-order valence-corrected chi connectivity index (χ0v) is 23.6. The van der Waals surface area contributed by atoms with Gasteiger partial charge in [-0.3, -0.25) is 19.6 Å². The fourth-order valence-electron chi connectivity index (χ4n) is 3.47. The van der Waals surface area contributed by atoms with E-state index in [9.17, 15) is 14.4 Å². The third-order valence-corrected chi connectivity index (χ3v) is 6.01. The number of allylic oxidation sites excluding steroid dienone is 1. The van der Waals surface area contributed by atoms with Gasteiger partial charge in [0.15, 0.2) is 0 Å². The van der Waals surface area contributed by atoms with Crippen LogP contribution in [-0.2, 0) is 33.6 Å². The third kappa shape index (κ3) is 11.3. The number of amides is 3. The number of nitrogens with one attached hydrogen (secondary N) is 4. The Labute approximate surface area is 213 Å². The number of hydrogen-bond acceptors (Lipinski definition) is 4. The van der Waals surface area contributed by atoms with Crippen molar-refractivity contribution in [3.05, 3.63) is 35.7 Å². The summed E-state index contributed by atoms with van der Waals surface area (Å²) >= 11 is 3.21. The molecule has 34 heavy (non-hydrogen) atoms. The number of H-pyrrole nitrogens is 1. The largest absolute Gasteiger partial charge is 0.364 e. The first-order valence-electron chi connectivity index (χ1n) is 12.0. The van der Waals surface area contributed by atoms with Crippen LogP contribution in [-0.4, -0.2) is 45.8 Å². The maximum Gasteiger partial charge on any atom is 0.257 e. The van der Waals surface area contributed by atoms with Crippen molar-refractivity contribution in [2.45, 2.75) is 85.0 Å². The molecule has 0 aliphatic rings. The first kappa shape index (κ1) is 34.0. The summed E-state index contributed by atoms with van der Waals surface area (Å²) in [5, 5.41) is 14.3. The number of aryl methyl sites for hydroxylation is 1. The number of hydrogen-bond donors (Lipinski definition) is 5. The number of likely N-dealkylation sites (N-methyl/N-ethyl adjacent to an activating group) is 1. The quantitative estimate of drug-likeness (QED) is 0.125. The molecule has 1 rings (SSSR count). The molecule has 1 heterocycles. The van der Waals surface area contributed by atoms with Gasteiger partial charge in [0.25, 0.3) is 5.91 Å². The fraction of sp³-hybridized carbons (Fsp3) is 0.640. The summed E-state index contributed by atoms with van der Waals surface area (Å²) < 4.78 is 0. The summed E-state index contributed by atoms with van der Waals surface area (Å²) in [6.45, 7) is 17.2. The topological polar surface area (TPSA) is 123 Å². The first-order chi connectivity index (χ1) is 16.1. The van der Waals surface area contributed by atoms with Crippen molar-refractivity contribution in [3.63, 3.8) is 0 Å². The van der Waals surface area contributed by atoms with E-state index in [4.69, 9.17) is 5.21 Å². The van der Waals surface area contributed by atoms with E-state index < -0.39 is 28.6 Å². The van der Waals surface area contributed by atoms with Gasteiger partial charge in [-0.05, 0) is 43.2 Å². The highest BCUT2D eigenvalue weighted by Gasteiger charge is 2.34. The van der Waals surface area contributed by atoms with Crippen molar-refractivity contribution in [2.75, 3.05) is 7.05 Å². The predicted molar refractivity (Wildman–Crippen MR) is 142 cm³/mol. The summed E-state index contributed by atoms with van der Waals surface area (Å²) in [7, 11) is 1.52. The van der Waals surface area contributed by atoms with Gasteiger partial charge in [-0.25, -0.2) is 5.48 Å². The Morgan fingerprint density at radius 1 is 1.15 bits per heavy atom. The Kier molecular flexibility index (Phi) is 19.2. The van der Waals surface area contributed by atoms with Crippen molar-refractivity contribution in [1.82, 2.24) is 21.1 Å². The molecule has 0 aliphatic carbocycles. The van der Waals surface area contributed by atoms with E-state index >= 15 is 0 Å². The van der Waals surface area contributed by atoms with Crippen molar-refractivity contribution in [3.8, 4) is 0 Å². The standard InChI is InChI=1S/C20H33BrN4O4.C3H6.C2H6/c1-6-13-12(10-23-15(13)7-2)9-16(19(27)22-5)24-18(26)14(8-11(3)4)17(21)20(28)25-29;1-3-2;1-2/h10-11,14,16-17,23,29H,6-9H2,1-5H3,(H,22,27)(H,24,26)(H,25,28);3H,1H2,2H3;1-2H3/t14-,16+,17?;;/m1../s1. The molecule has 3 atom stereocenters. The molecule has 0 saturated heterocycles. The van der Waals surface area contributed by atoms with Gasteiger partial charge < -0.3 is 15.6 Å². The summed E-state index contributed by atoms with van der Waals surface area (Å²) in [6, 6.07) is -0.773. The average molecular weight is 546 g/mol. The van der Waals surface area contributed by atoms with E-state index in [2.05, 4.69) is 52.0 Å². The van der Waals surface area contributed by atoms with E-state index in [1.807, 2.05) is 40.8 Å². The summed E-state index contributed by atoms with van der Waals surface area (Å²) in [5.41, 5.74) is 4.85. The Morgan fingerprint density at radius 2 is 1.71 bits per heavy atom. The van der Waals surface area contributed by atoms with Gasteiger partial charge in [0, 0.05) is 25.4 Å². The van der Waals surface area contributed by atoms with E-state index in [-0.39, 0.29) is 11.8 Å². The van der Waals surface area contributed by atoms with Crippen LogP contribution >= 0.6 is 15.9 Å². The molecule has 3 amide bonds. The van der Waals surface area contributed by atoms with Crippen LogP contribution in [0.2, 0.25) is 0 Å². The molecule has 9 heteroatoms. The zero-order valence-electron chi connectivity index (χ0n) is 22.0. The lowest BCUT2D eigenvalue weighted by Gasteiger charge is -2.25. The zero-order chi connectivity index (χ0) is 26.8. The van der Waals surface area contributed by atoms with Gasteiger partial charge in [0.05, 0.1) is 5.92 Å². The second kappa shape index (κ2) is 19.2. The van der Waals surface area contributed by atoms with Gasteiger partial charge in [-0.15, -0.1) is 6.58 Å². The smallest absolute Gasteiger partial charge is 0.257 e. The van der Waals surface area contributed by atoms with Gasteiger partial charge in [-0.2, -0.15) is 0 Å². The average Bonchev–Trinajstić information content (AvgIpc) is 3.23. The Bertz CT molecular complexity index is 749. The van der Waals surface area contributed by atoms with E-state index in [1.54, 1.807) is 11.6 Å². The molecule has 196 valence electrons. The molecule has 1 aromatic rings. The van der Waals surface area contributed by atoms with Gasteiger partial charge >= 0.3 is 0 Å². The Hall–Kier alpha value is -2.13. The molecule has 5 N–H and O–H groups in total. The molecular weight excluding hydrogens is 500 g/mol. The van der Waals surface area contributed by atoms with Gasteiger partial charge in [0.2, 0.25) is 11.8 Å². The highest BCUT2D eigenvalue weighted by Crippen LogP contribution is 2.23. The van der Waals surface area contributed by atoms with Crippen molar-refractivity contribution in [2.24, 2.45) is 11.8 Å². The van der Waals surface area contributed by atoms with Crippen LogP contribution in [0.5, 0.6) is 0 Å². The number of aromatic amines is 1. The van der Waals surface area contributed by atoms with Crippen LogP contribution < -0.4 is 16.1 Å². The summed E-state index contributed by atoms with van der Waals surface area (Å²) in [5.74, 6) is -2.02. The highest BCUT2D eigenvalue weighted by atomic mass is 79.9. The van der Waals surface area contributed by atoms with Crippen LogP contribution in [0.3, 0.4) is 0 Å². The summed E-state index contributed by atoms with van der Waals surface area (Å²) in [6.07, 6.45) is 6.08. The number of rotatable bonds is 11. The van der Waals surface area contributed by atoms with E-state index in [0.717, 1.165) is 29.7 Å². The molecule has 8 nitrogen and oxygen atoms in total. The number of halogens is 1. The van der Waals surface area contributed by atoms with Crippen molar-refractivity contribution < 1.29 is 19.6 Å². The van der Waals surface area contributed by atoms with Crippen LogP contribution in [0.25, 0.3) is 0 Å². The monoisotopic (exact) mass is 544 g/mol. The number of carbonyl (C=O) groups excluding carboxylic acids is 3. The van der Waals surface area contributed by atoms with Crippen LogP contribution in [0, 0.1) is 11.8 Å². The maximum absolute atomic E-state index is 13.0. The Balaban J connectivity index is 0. The molecule has 0 radical (unpaired) electrons. The fourth-order valence-corrected chi connectivity index (χ4v) is 4.03. The number of carbonyl (C=O) groups is 3. The molecule has 1 unspecified atom stereocenters. The minimum atomic E-state index is -0.912. The van der Waals surface area contributed by atoms with Crippen molar-refractivity contribution in [1.29, 1.82) is 0 Å². The minimum absolute atomic E-state index is 0.138. The minimum Gasteiger partial charge on any atom is -0.364 e. The van der Waals surface area contributed by atoms with Crippen LogP contribution in [0.1, 0.15) is 71.7 Å². The normalized spacial score (nSPS) is 12.7. The molecule has 0 bridgehead atoms. The molecule has 1 aromatic heterocycles. The maximum atomic E-state index is 13.0. The lowest BCUT2D eigenvalue weighted by Crippen LogP contribution is -2.51. The van der Waals surface area contributed by atoms with Crippen molar-refractivity contribution >= 4 is 33.7 Å². The SMILES string of the molecule is C=CC.CC.CCc1[nH]cc(C[C@H](NC(=O)[C@H](CC(C)C)C(Br)C(=O)NO)C(=O)NC)c1CC.